The van der Waals surface area contributed by atoms with Crippen LogP contribution in [0.25, 0.3) is 11.0 Å². The van der Waals surface area contributed by atoms with Crippen LogP contribution in [0.15, 0.2) is 53.3 Å². The zero-order valence-electron chi connectivity index (χ0n) is 23.3. The second-order valence-corrected chi connectivity index (χ2v) is 11.5. The van der Waals surface area contributed by atoms with Crippen molar-refractivity contribution in [2.24, 2.45) is 0 Å². The van der Waals surface area contributed by atoms with Crippen molar-refractivity contribution in [1.29, 1.82) is 0 Å². The summed E-state index contributed by atoms with van der Waals surface area (Å²) in [6.45, 7) is 4.98. The number of benzene rings is 2. The van der Waals surface area contributed by atoms with E-state index < -0.39 is 5.97 Å². The van der Waals surface area contributed by atoms with Gasteiger partial charge in [-0.25, -0.2) is 9.78 Å². The van der Waals surface area contributed by atoms with Gasteiger partial charge >= 0.3 is 5.97 Å². The van der Waals surface area contributed by atoms with Gasteiger partial charge in [-0.15, -0.1) is 0 Å². The summed E-state index contributed by atoms with van der Waals surface area (Å²) in [5, 5.41) is 12.6. The summed E-state index contributed by atoms with van der Waals surface area (Å²) < 4.78 is 1.99. The van der Waals surface area contributed by atoms with Crippen LogP contribution in [0.2, 0.25) is 0 Å². The molecule has 2 N–H and O–H groups in total. The van der Waals surface area contributed by atoms with Gasteiger partial charge in [-0.1, -0.05) is 63.3 Å². The number of nitrogens with zero attached hydrogens (tertiary/aromatic N) is 3. The van der Waals surface area contributed by atoms with E-state index in [9.17, 15) is 14.7 Å². The van der Waals surface area contributed by atoms with Gasteiger partial charge in [-0.2, -0.15) is 0 Å². The molecule has 5 rings (SSSR count). The molecule has 7 nitrogen and oxygen atoms in total. The van der Waals surface area contributed by atoms with Crippen molar-refractivity contribution in [2.75, 3.05) is 5.32 Å². The molecule has 2 heterocycles. The first-order valence-corrected chi connectivity index (χ1v) is 14.8. The van der Waals surface area contributed by atoms with Gasteiger partial charge in [-0.3, -0.25) is 9.69 Å². The molecule has 0 bridgehead atoms. The quantitative estimate of drug-likeness (QED) is 0.357. The average molecular weight is 531 g/mol. The van der Waals surface area contributed by atoms with Crippen molar-refractivity contribution in [2.45, 2.75) is 109 Å². The highest BCUT2D eigenvalue weighted by Gasteiger charge is 2.38. The summed E-state index contributed by atoms with van der Waals surface area (Å²) >= 11 is 0. The van der Waals surface area contributed by atoms with Crippen LogP contribution in [-0.4, -0.2) is 43.7 Å². The molecule has 2 aliphatic rings. The van der Waals surface area contributed by atoms with E-state index in [0.29, 0.717) is 30.5 Å². The number of carboxylic acids is 1. The summed E-state index contributed by atoms with van der Waals surface area (Å²) in [5.41, 5.74) is 2.60. The lowest BCUT2D eigenvalue weighted by molar-refractivity contribution is 0.0122. The van der Waals surface area contributed by atoms with E-state index in [1.165, 1.54) is 44.9 Å². The van der Waals surface area contributed by atoms with Crippen molar-refractivity contribution < 1.29 is 9.90 Å². The number of hydrogen-bond acceptors (Lipinski definition) is 5. The van der Waals surface area contributed by atoms with Crippen LogP contribution in [0.5, 0.6) is 0 Å². The molecule has 1 saturated heterocycles. The van der Waals surface area contributed by atoms with Gasteiger partial charge in [0.05, 0.1) is 16.6 Å². The highest BCUT2D eigenvalue weighted by molar-refractivity contribution is 5.87. The third-order valence-electron chi connectivity index (χ3n) is 8.85. The lowest BCUT2D eigenvalue weighted by Crippen LogP contribution is -2.54. The lowest BCUT2D eigenvalue weighted by atomic mass is 9.85. The second-order valence-electron chi connectivity index (χ2n) is 11.5. The minimum Gasteiger partial charge on any atom is -0.478 e. The van der Waals surface area contributed by atoms with Crippen LogP contribution in [0.3, 0.4) is 0 Å². The number of carbonyl (C=O) groups is 1. The Hall–Kier alpha value is -3.19. The van der Waals surface area contributed by atoms with Crippen LogP contribution in [0.1, 0.15) is 100 Å². The summed E-state index contributed by atoms with van der Waals surface area (Å²) in [6.07, 6.45) is 12.3. The molecular formula is C32H42N4O3. The molecule has 2 aromatic carbocycles. The lowest BCUT2D eigenvalue weighted by Gasteiger charge is -2.49. The van der Waals surface area contributed by atoms with Crippen molar-refractivity contribution in [3.8, 4) is 0 Å². The Kier molecular flexibility index (Phi) is 8.66. The first-order valence-electron chi connectivity index (χ1n) is 14.8. The number of carboxylic acid groups (broad SMARTS) is 1. The molecule has 0 radical (unpaired) electrons. The van der Waals surface area contributed by atoms with Crippen LogP contribution in [0.4, 0.5) is 5.82 Å². The number of aromatic nitrogens is 2. The van der Waals surface area contributed by atoms with E-state index in [4.69, 9.17) is 4.98 Å². The van der Waals surface area contributed by atoms with E-state index >= 15 is 0 Å². The Morgan fingerprint density at radius 1 is 1.00 bits per heavy atom. The number of aromatic carboxylic acids is 1. The Balaban J connectivity index is 1.44. The average Bonchev–Trinajstić information content (AvgIpc) is 2.92. The zero-order valence-corrected chi connectivity index (χ0v) is 23.3. The Morgan fingerprint density at radius 3 is 2.49 bits per heavy atom. The van der Waals surface area contributed by atoms with Gasteiger partial charge in [0.25, 0.3) is 5.56 Å². The first kappa shape index (κ1) is 27.4. The summed E-state index contributed by atoms with van der Waals surface area (Å²) in [7, 11) is 0. The van der Waals surface area contributed by atoms with Crippen molar-refractivity contribution in [3.05, 3.63) is 70.0 Å². The van der Waals surface area contributed by atoms with Crippen molar-refractivity contribution >= 4 is 22.8 Å². The number of para-hydroxylation sites is 2. The molecule has 3 aromatic rings. The third-order valence-corrected chi connectivity index (χ3v) is 8.85. The molecule has 39 heavy (non-hydrogen) atoms. The Labute approximate surface area is 231 Å². The predicted molar refractivity (Wildman–Crippen MR) is 156 cm³/mol. The largest absolute Gasteiger partial charge is 0.478 e. The smallest absolute Gasteiger partial charge is 0.335 e. The van der Waals surface area contributed by atoms with E-state index in [-0.39, 0.29) is 17.2 Å². The van der Waals surface area contributed by atoms with Crippen molar-refractivity contribution in [1.82, 2.24) is 14.5 Å². The zero-order chi connectivity index (χ0) is 27.4. The number of nitrogens with one attached hydrogen (secondary N) is 1. The predicted octanol–water partition coefficient (Wildman–Crippen LogP) is 6.62. The van der Waals surface area contributed by atoms with E-state index in [2.05, 4.69) is 24.1 Å². The fourth-order valence-electron chi connectivity index (χ4n) is 7.02. The summed E-state index contributed by atoms with van der Waals surface area (Å²) in [6, 6.07) is 16.3. The fraction of sp³-hybridized carbons (Fsp3) is 0.531. The van der Waals surface area contributed by atoms with E-state index in [0.717, 1.165) is 35.9 Å². The molecule has 7 heteroatoms. The van der Waals surface area contributed by atoms with Gasteiger partial charge in [0.2, 0.25) is 0 Å². The van der Waals surface area contributed by atoms with Gasteiger partial charge in [0, 0.05) is 30.7 Å². The Bertz CT molecular complexity index is 1340. The first-order chi connectivity index (χ1) is 19.0. The molecule has 1 aliphatic heterocycles. The SMILES string of the molecule is CCC1C[C@H](n2c(=O)c(NCc3cccc(C(=O)O)c3)nc3ccccc32)C[C@H](C)N1C1CCCCCCC1. The van der Waals surface area contributed by atoms with Crippen LogP contribution >= 0.6 is 0 Å². The van der Waals surface area contributed by atoms with E-state index in [1.54, 1.807) is 18.2 Å². The van der Waals surface area contributed by atoms with Crippen molar-refractivity contribution in [3.63, 3.8) is 0 Å². The maximum atomic E-state index is 14.0. The minimum atomic E-state index is -0.964. The molecule has 3 atom stereocenters. The second kappa shape index (κ2) is 12.3. The maximum Gasteiger partial charge on any atom is 0.335 e. The Morgan fingerprint density at radius 2 is 1.74 bits per heavy atom. The summed E-state index contributed by atoms with van der Waals surface area (Å²) in [4.78, 5) is 32.9. The molecular weight excluding hydrogens is 488 g/mol. The molecule has 1 unspecified atom stereocenters. The number of piperidine rings is 1. The molecule has 1 saturated carbocycles. The van der Waals surface area contributed by atoms with Gasteiger partial charge in [0.15, 0.2) is 5.82 Å². The normalized spacial score (nSPS) is 23.3. The highest BCUT2D eigenvalue weighted by atomic mass is 16.4. The van der Waals surface area contributed by atoms with Gasteiger partial charge in [0.1, 0.15) is 0 Å². The minimum absolute atomic E-state index is 0.102. The maximum absolute atomic E-state index is 14.0. The number of hydrogen-bond donors (Lipinski definition) is 2. The van der Waals surface area contributed by atoms with Crippen LogP contribution < -0.4 is 10.9 Å². The number of anilines is 1. The van der Waals surface area contributed by atoms with Gasteiger partial charge < -0.3 is 15.0 Å². The number of likely N-dealkylation sites (tertiary alicyclic amines) is 1. The topological polar surface area (TPSA) is 87.5 Å². The molecule has 0 spiro atoms. The summed E-state index contributed by atoms with van der Waals surface area (Å²) in [5.74, 6) is -0.647. The third kappa shape index (κ3) is 6.03. The highest BCUT2D eigenvalue weighted by Crippen LogP contribution is 2.37. The van der Waals surface area contributed by atoms with Crippen LogP contribution in [-0.2, 0) is 6.54 Å². The fourth-order valence-corrected chi connectivity index (χ4v) is 7.02. The number of fused-ring (bicyclic) bond motifs is 1. The molecule has 1 aliphatic carbocycles. The number of rotatable bonds is 7. The standard InChI is InChI=1S/C32H42N4O3/c1-3-25-20-27(18-22(2)35(25)26-14-7-5-4-6-8-15-26)36-29-17-10-9-16-28(29)34-30(31(36)37)33-21-23-12-11-13-24(19-23)32(38)39/h9-13,16-17,19,22,25-27H,3-8,14-15,18,20-21H2,1-2H3,(H,33,34)(H,38,39)/t22-,25?,27+/m0/s1. The molecule has 1 aromatic heterocycles. The molecule has 0 amide bonds. The molecule has 208 valence electrons. The van der Waals surface area contributed by atoms with Crippen LogP contribution in [0, 0.1) is 0 Å². The van der Waals surface area contributed by atoms with Gasteiger partial charge in [-0.05, 0) is 68.9 Å². The molecule has 2 fully saturated rings. The monoisotopic (exact) mass is 530 g/mol. The van der Waals surface area contributed by atoms with E-state index in [1.807, 2.05) is 34.9 Å².